The number of rotatable bonds is 2. The lowest BCUT2D eigenvalue weighted by Gasteiger charge is -2.08. The van der Waals surface area contributed by atoms with Crippen molar-refractivity contribution < 1.29 is 0 Å². The van der Waals surface area contributed by atoms with Gasteiger partial charge in [-0.3, -0.25) is 9.67 Å². The van der Waals surface area contributed by atoms with Crippen LogP contribution in [0.5, 0.6) is 0 Å². The molecule has 0 saturated heterocycles. The summed E-state index contributed by atoms with van der Waals surface area (Å²) in [7, 11) is 1.93. The molecule has 0 atom stereocenters. The van der Waals surface area contributed by atoms with Crippen molar-refractivity contribution in [2.75, 3.05) is 0 Å². The first kappa shape index (κ1) is 10.9. The average molecular weight is 215 g/mol. The van der Waals surface area contributed by atoms with E-state index in [4.69, 9.17) is 0 Å². The summed E-state index contributed by atoms with van der Waals surface area (Å²) in [5.74, 6) is 0.454. The molecule has 0 fully saturated rings. The zero-order chi connectivity index (χ0) is 11.7. The fraction of sp³-hybridized carbons (Fsp3) is 0.385. The maximum Gasteiger partial charge on any atom is 0.0568 e. The van der Waals surface area contributed by atoms with Crippen molar-refractivity contribution in [3.63, 3.8) is 0 Å². The van der Waals surface area contributed by atoms with E-state index < -0.39 is 0 Å². The first-order valence-corrected chi connectivity index (χ1v) is 5.54. The summed E-state index contributed by atoms with van der Waals surface area (Å²) in [5, 5.41) is 4.19. The van der Waals surface area contributed by atoms with E-state index in [-0.39, 0.29) is 0 Å². The Morgan fingerprint density at radius 2 is 1.94 bits per heavy atom. The van der Waals surface area contributed by atoms with Crippen LogP contribution >= 0.6 is 0 Å². The van der Waals surface area contributed by atoms with Gasteiger partial charge in [-0.2, -0.15) is 5.10 Å². The van der Waals surface area contributed by atoms with Crippen LogP contribution in [0, 0.1) is 6.92 Å². The minimum Gasteiger partial charge on any atom is -0.275 e. The zero-order valence-corrected chi connectivity index (χ0v) is 10.2. The normalized spacial score (nSPS) is 11.1. The molecule has 0 amide bonds. The molecule has 0 aliphatic carbocycles. The summed E-state index contributed by atoms with van der Waals surface area (Å²) >= 11 is 0. The molecule has 0 N–H and O–H groups in total. The molecule has 0 aliphatic heterocycles. The van der Waals surface area contributed by atoms with Crippen molar-refractivity contribution in [2.24, 2.45) is 7.05 Å². The molecule has 3 heteroatoms. The van der Waals surface area contributed by atoms with Gasteiger partial charge in [-0.05, 0) is 30.5 Å². The summed E-state index contributed by atoms with van der Waals surface area (Å²) < 4.78 is 1.82. The van der Waals surface area contributed by atoms with Gasteiger partial charge in [0.25, 0.3) is 0 Å². The Bertz CT molecular complexity index is 498. The van der Waals surface area contributed by atoms with Crippen LogP contribution in [0.3, 0.4) is 0 Å². The lowest BCUT2D eigenvalue weighted by Crippen LogP contribution is -1.95. The Balaban J connectivity index is 2.49. The van der Waals surface area contributed by atoms with Crippen molar-refractivity contribution in [3.05, 3.63) is 35.9 Å². The highest BCUT2D eigenvalue weighted by Gasteiger charge is 2.06. The molecular weight excluding hydrogens is 198 g/mol. The van der Waals surface area contributed by atoms with Crippen LogP contribution in [0.15, 0.2) is 24.5 Å². The Labute approximate surface area is 96.1 Å². The highest BCUT2D eigenvalue weighted by atomic mass is 15.2. The third-order valence-corrected chi connectivity index (χ3v) is 2.60. The second kappa shape index (κ2) is 4.08. The Morgan fingerprint density at radius 3 is 2.50 bits per heavy atom. The molecule has 16 heavy (non-hydrogen) atoms. The second-order valence-electron chi connectivity index (χ2n) is 4.48. The van der Waals surface area contributed by atoms with Crippen molar-refractivity contribution in [1.29, 1.82) is 0 Å². The van der Waals surface area contributed by atoms with E-state index in [0.29, 0.717) is 5.92 Å². The third kappa shape index (κ3) is 2.13. The van der Waals surface area contributed by atoms with Crippen LogP contribution in [0.2, 0.25) is 0 Å². The molecule has 0 aromatic carbocycles. The van der Waals surface area contributed by atoms with Gasteiger partial charge >= 0.3 is 0 Å². The van der Waals surface area contributed by atoms with E-state index in [1.54, 1.807) is 0 Å². The maximum absolute atomic E-state index is 4.54. The fourth-order valence-corrected chi connectivity index (χ4v) is 1.73. The Morgan fingerprint density at radius 1 is 1.19 bits per heavy atom. The summed E-state index contributed by atoms with van der Waals surface area (Å²) in [6.07, 6.45) is 3.91. The third-order valence-electron chi connectivity index (χ3n) is 2.60. The molecule has 2 heterocycles. The molecule has 0 saturated carbocycles. The SMILES string of the molecule is Cc1cc(-c2cnn(C)c2)cc(C(C)C)n1. The molecule has 0 spiro atoms. The van der Waals surface area contributed by atoms with Gasteiger partial charge in [-0.15, -0.1) is 0 Å². The number of pyridine rings is 1. The quantitative estimate of drug-likeness (QED) is 0.771. The highest BCUT2D eigenvalue weighted by molar-refractivity contribution is 5.62. The molecule has 84 valence electrons. The van der Waals surface area contributed by atoms with Gasteiger partial charge in [0.15, 0.2) is 0 Å². The smallest absolute Gasteiger partial charge is 0.0568 e. The lowest BCUT2D eigenvalue weighted by molar-refractivity contribution is 0.768. The summed E-state index contributed by atoms with van der Waals surface area (Å²) in [5.41, 5.74) is 4.54. The van der Waals surface area contributed by atoms with Crippen LogP contribution in [-0.4, -0.2) is 14.8 Å². The Hall–Kier alpha value is -1.64. The van der Waals surface area contributed by atoms with Gasteiger partial charge in [0.05, 0.1) is 6.20 Å². The van der Waals surface area contributed by atoms with E-state index >= 15 is 0 Å². The summed E-state index contributed by atoms with van der Waals surface area (Å²) in [6.45, 7) is 6.36. The molecule has 0 radical (unpaired) electrons. The van der Waals surface area contributed by atoms with Gasteiger partial charge in [-0.1, -0.05) is 13.8 Å². The van der Waals surface area contributed by atoms with Crippen molar-refractivity contribution in [1.82, 2.24) is 14.8 Å². The topological polar surface area (TPSA) is 30.7 Å². The minimum absolute atomic E-state index is 0.454. The summed E-state index contributed by atoms with van der Waals surface area (Å²) in [4.78, 5) is 4.54. The van der Waals surface area contributed by atoms with Crippen molar-refractivity contribution in [2.45, 2.75) is 26.7 Å². The monoisotopic (exact) mass is 215 g/mol. The van der Waals surface area contributed by atoms with Crippen LogP contribution in [0.4, 0.5) is 0 Å². The summed E-state index contributed by atoms with van der Waals surface area (Å²) in [6, 6.07) is 4.25. The molecule has 3 nitrogen and oxygen atoms in total. The second-order valence-corrected chi connectivity index (χ2v) is 4.48. The predicted molar refractivity (Wildman–Crippen MR) is 65.3 cm³/mol. The fourth-order valence-electron chi connectivity index (χ4n) is 1.73. The van der Waals surface area contributed by atoms with Crippen molar-refractivity contribution >= 4 is 0 Å². The standard InChI is InChI=1S/C13H17N3/c1-9(2)13-6-11(5-10(3)15-13)12-7-14-16(4)8-12/h5-9H,1-4H3. The largest absolute Gasteiger partial charge is 0.275 e. The maximum atomic E-state index is 4.54. The first-order chi connectivity index (χ1) is 7.56. The van der Waals surface area contributed by atoms with Gasteiger partial charge in [0.2, 0.25) is 0 Å². The van der Waals surface area contributed by atoms with Crippen LogP contribution in [-0.2, 0) is 7.05 Å². The molecule has 0 bridgehead atoms. The number of aromatic nitrogens is 3. The minimum atomic E-state index is 0.454. The lowest BCUT2D eigenvalue weighted by atomic mass is 10.0. The predicted octanol–water partition coefficient (Wildman–Crippen LogP) is 2.91. The van der Waals surface area contributed by atoms with Gasteiger partial charge in [-0.25, -0.2) is 0 Å². The van der Waals surface area contributed by atoms with Gasteiger partial charge < -0.3 is 0 Å². The average Bonchev–Trinajstić information content (AvgIpc) is 2.64. The van der Waals surface area contributed by atoms with Gasteiger partial charge in [0.1, 0.15) is 0 Å². The number of nitrogens with zero attached hydrogens (tertiary/aromatic N) is 3. The van der Waals surface area contributed by atoms with Crippen molar-refractivity contribution in [3.8, 4) is 11.1 Å². The number of hydrogen-bond donors (Lipinski definition) is 0. The molecule has 0 unspecified atom stereocenters. The van der Waals surface area contributed by atoms with Crippen LogP contribution in [0.1, 0.15) is 31.2 Å². The van der Waals surface area contributed by atoms with Crippen LogP contribution in [0.25, 0.3) is 11.1 Å². The van der Waals surface area contributed by atoms with E-state index in [9.17, 15) is 0 Å². The molecule has 2 aromatic heterocycles. The van der Waals surface area contributed by atoms with Crippen LogP contribution < -0.4 is 0 Å². The van der Waals surface area contributed by atoms with E-state index in [2.05, 4.69) is 36.1 Å². The van der Waals surface area contributed by atoms with E-state index in [1.807, 2.05) is 31.0 Å². The molecular formula is C13H17N3. The molecule has 2 rings (SSSR count). The first-order valence-electron chi connectivity index (χ1n) is 5.54. The van der Waals surface area contributed by atoms with Gasteiger partial charge in [0, 0.05) is 30.2 Å². The molecule has 2 aromatic rings. The number of hydrogen-bond acceptors (Lipinski definition) is 2. The van der Waals surface area contributed by atoms with E-state index in [1.165, 1.54) is 5.56 Å². The molecule has 0 aliphatic rings. The highest BCUT2D eigenvalue weighted by Crippen LogP contribution is 2.23. The number of aryl methyl sites for hydroxylation is 2. The zero-order valence-electron chi connectivity index (χ0n) is 10.2. The van der Waals surface area contributed by atoms with E-state index in [0.717, 1.165) is 17.0 Å². The Kier molecular flexibility index (Phi) is 2.77.